The topological polar surface area (TPSA) is 78.9 Å². The molecule has 0 rings (SSSR count). The zero-order chi connectivity index (χ0) is 55.7. The van der Waals surface area contributed by atoms with Crippen LogP contribution in [0.2, 0.25) is 0 Å². The summed E-state index contributed by atoms with van der Waals surface area (Å²) < 4.78 is 17.0. The Balaban J connectivity index is 4.22. The van der Waals surface area contributed by atoms with Crippen molar-refractivity contribution >= 4 is 17.9 Å². The molecule has 1 unspecified atom stereocenters. The Labute approximate surface area is 481 Å². The molecule has 6 nitrogen and oxygen atoms in total. The third kappa shape index (κ3) is 64.6. The van der Waals surface area contributed by atoms with Gasteiger partial charge in [0.1, 0.15) is 13.2 Å². The predicted octanol–water partition coefficient (Wildman–Crippen LogP) is 23.8. The molecule has 0 N–H and O–H groups in total. The van der Waals surface area contributed by atoms with Gasteiger partial charge in [-0.15, -0.1) is 0 Å². The molecule has 6 heteroatoms. The molecule has 0 amide bonds. The van der Waals surface area contributed by atoms with Crippen LogP contribution in [0.25, 0.3) is 0 Å². The molecule has 0 aliphatic heterocycles. The molecule has 0 saturated carbocycles. The third-order valence-electron chi connectivity index (χ3n) is 15.9. The maximum absolute atomic E-state index is 12.9. The average Bonchev–Trinajstić information content (AvgIpc) is 3.43. The van der Waals surface area contributed by atoms with E-state index in [2.05, 4.69) is 45.1 Å². The first-order chi connectivity index (χ1) is 38.0. The molecule has 0 heterocycles. The molecule has 0 aromatic carbocycles. The van der Waals surface area contributed by atoms with E-state index in [0.717, 1.165) is 64.2 Å². The van der Waals surface area contributed by atoms with Crippen molar-refractivity contribution in [2.45, 2.75) is 399 Å². The van der Waals surface area contributed by atoms with Crippen molar-refractivity contribution in [3.8, 4) is 0 Å². The molecule has 0 spiro atoms. The number of unbranched alkanes of at least 4 members (excludes halogenated alkanes) is 50. The highest BCUT2D eigenvalue weighted by Crippen LogP contribution is 2.18. The molecular formula is C71H134O6. The number of allylic oxidation sites excluding steroid dienone is 4. The largest absolute Gasteiger partial charge is 0.462 e. The van der Waals surface area contributed by atoms with E-state index in [1.807, 2.05) is 0 Å². The van der Waals surface area contributed by atoms with Gasteiger partial charge in [-0.25, -0.2) is 0 Å². The molecule has 0 aromatic heterocycles. The van der Waals surface area contributed by atoms with Crippen molar-refractivity contribution in [3.63, 3.8) is 0 Å². The number of rotatable bonds is 65. The van der Waals surface area contributed by atoms with Gasteiger partial charge in [0.25, 0.3) is 0 Å². The van der Waals surface area contributed by atoms with Crippen molar-refractivity contribution in [1.29, 1.82) is 0 Å². The smallest absolute Gasteiger partial charge is 0.306 e. The Morgan fingerprint density at radius 3 is 0.662 bits per heavy atom. The Hall–Kier alpha value is -2.11. The second-order valence-corrected chi connectivity index (χ2v) is 23.8. The lowest BCUT2D eigenvalue weighted by Crippen LogP contribution is -2.30. The monoisotopic (exact) mass is 1080 g/mol. The number of carbonyl (C=O) groups is 3. The van der Waals surface area contributed by atoms with Crippen LogP contribution in [0.5, 0.6) is 0 Å². The molecule has 454 valence electrons. The summed E-state index contributed by atoms with van der Waals surface area (Å²) in [4.78, 5) is 38.4. The maximum Gasteiger partial charge on any atom is 0.306 e. The van der Waals surface area contributed by atoms with Crippen molar-refractivity contribution in [1.82, 2.24) is 0 Å². The first-order valence-electron chi connectivity index (χ1n) is 34.8. The SMILES string of the molecule is CCCCCC/C=C\CCCCCCCC(=O)OCC(COC(=O)CCCCCCCCCCCCCCC/C=C\CCCCCCCCCC)OC(=O)CCCCCCCCCCCCCCCCCCCCCCC. The molecule has 0 bridgehead atoms. The van der Waals surface area contributed by atoms with E-state index in [4.69, 9.17) is 14.2 Å². The summed E-state index contributed by atoms with van der Waals surface area (Å²) in [5.74, 6) is -0.847. The lowest BCUT2D eigenvalue weighted by Gasteiger charge is -2.18. The number of hydrogen-bond donors (Lipinski definition) is 0. The van der Waals surface area contributed by atoms with E-state index in [0.29, 0.717) is 19.3 Å². The fourth-order valence-electron chi connectivity index (χ4n) is 10.7. The van der Waals surface area contributed by atoms with Crippen LogP contribution in [-0.2, 0) is 28.6 Å². The van der Waals surface area contributed by atoms with Gasteiger partial charge in [-0.2, -0.15) is 0 Å². The predicted molar refractivity (Wildman–Crippen MR) is 335 cm³/mol. The van der Waals surface area contributed by atoms with Crippen LogP contribution in [0, 0.1) is 0 Å². The number of ether oxygens (including phenoxy) is 3. The van der Waals surface area contributed by atoms with Crippen molar-refractivity contribution in [3.05, 3.63) is 24.3 Å². The summed E-state index contributed by atoms with van der Waals surface area (Å²) in [7, 11) is 0. The Kier molecular flexibility index (Phi) is 64.6. The summed E-state index contributed by atoms with van der Waals surface area (Å²) >= 11 is 0. The molecule has 0 aromatic rings. The minimum absolute atomic E-state index is 0.0683. The van der Waals surface area contributed by atoms with Gasteiger partial charge in [0, 0.05) is 19.3 Å². The molecule has 1 atom stereocenters. The van der Waals surface area contributed by atoms with Gasteiger partial charge in [-0.3, -0.25) is 14.4 Å². The molecule has 0 saturated heterocycles. The first kappa shape index (κ1) is 74.9. The van der Waals surface area contributed by atoms with E-state index in [1.54, 1.807) is 0 Å². The fourth-order valence-corrected chi connectivity index (χ4v) is 10.7. The van der Waals surface area contributed by atoms with Gasteiger partial charge in [0.2, 0.25) is 0 Å². The van der Waals surface area contributed by atoms with Crippen LogP contribution in [0.15, 0.2) is 24.3 Å². The van der Waals surface area contributed by atoms with E-state index >= 15 is 0 Å². The third-order valence-corrected chi connectivity index (χ3v) is 15.9. The van der Waals surface area contributed by atoms with E-state index in [1.165, 1.54) is 289 Å². The van der Waals surface area contributed by atoms with Crippen LogP contribution in [0.1, 0.15) is 393 Å². The normalized spacial score (nSPS) is 12.1. The second-order valence-electron chi connectivity index (χ2n) is 23.8. The van der Waals surface area contributed by atoms with Gasteiger partial charge in [-0.05, 0) is 70.6 Å². The average molecular weight is 1080 g/mol. The van der Waals surface area contributed by atoms with Gasteiger partial charge in [0.05, 0.1) is 0 Å². The van der Waals surface area contributed by atoms with Crippen LogP contribution >= 0.6 is 0 Å². The zero-order valence-electron chi connectivity index (χ0n) is 52.3. The standard InChI is InChI=1S/C71H134O6/c1-4-7-10-13-16-19-22-25-27-29-31-33-34-35-36-38-39-41-43-46-49-52-55-58-61-64-70(73)76-67-68(66-75-69(72)63-60-57-54-51-48-45-24-21-18-15-12-9-6-3)77-71(74)65-62-59-56-53-50-47-44-42-40-37-32-30-28-26-23-20-17-14-11-8-5-2/h21,24,29,31,68H,4-20,22-23,25-28,30,32-67H2,1-3H3/b24-21-,31-29-. The van der Waals surface area contributed by atoms with Crippen molar-refractivity contribution < 1.29 is 28.6 Å². The van der Waals surface area contributed by atoms with Crippen molar-refractivity contribution in [2.24, 2.45) is 0 Å². The van der Waals surface area contributed by atoms with Crippen LogP contribution < -0.4 is 0 Å². The van der Waals surface area contributed by atoms with E-state index in [-0.39, 0.29) is 31.1 Å². The number of carbonyl (C=O) groups excluding carboxylic acids is 3. The van der Waals surface area contributed by atoms with Crippen LogP contribution in [0.4, 0.5) is 0 Å². The Bertz CT molecular complexity index is 1240. The van der Waals surface area contributed by atoms with Gasteiger partial charge in [0.15, 0.2) is 6.10 Å². The molecule has 0 aliphatic carbocycles. The first-order valence-corrected chi connectivity index (χ1v) is 34.8. The summed E-state index contributed by atoms with van der Waals surface area (Å²) in [5, 5.41) is 0. The van der Waals surface area contributed by atoms with E-state index in [9.17, 15) is 14.4 Å². The number of esters is 3. The summed E-state index contributed by atoms with van der Waals surface area (Å²) in [5.41, 5.74) is 0. The quantitative estimate of drug-likeness (QED) is 0.0261. The highest BCUT2D eigenvalue weighted by Gasteiger charge is 2.19. The fraction of sp³-hybridized carbons (Fsp3) is 0.901. The lowest BCUT2D eigenvalue weighted by molar-refractivity contribution is -0.167. The molecular weight excluding hydrogens is 949 g/mol. The van der Waals surface area contributed by atoms with Crippen LogP contribution in [0.3, 0.4) is 0 Å². The Morgan fingerprint density at radius 2 is 0.429 bits per heavy atom. The van der Waals surface area contributed by atoms with Gasteiger partial charge in [-0.1, -0.05) is 328 Å². The van der Waals surface area contributed by atoms with E-state index < -0.39 is 6.10 Å². The highest BCUT2D eigenvalue weighted by atomic mass is 16.6. The molecule has 77 heavy (non-hydrogen) atoms. The second kappa shape index (κ2) is 66.4. The van der Waals surface area contributed by atoms with Crippen LogP contribution in [-0.4, -0.2) is 37.2 Å². The minimum atomic E-state index is -0.772. The summed E-state index contributed by atoms with van der Waals surface area (Å²) in [6, 6.07) is 0. The zero-order valence-corrected chi connectivity index (χ0v) is 52.3. The Morgan fingerprint density at radius 1 is 0.247 bits per heavy atom. The lowest BCUT2D eigenvalue weighted by atomic mass is 10.0. The summed E-state index contributed by atoms with van der Waals surface area (Å²) in [6.45, 7) is 6.70. The molecule has 0 aliphatic rings. The number of hydrogen-bond acceptors (Lipinski definition) is 6. The maximum atomic E-state index is 12.9. The molecule has 0 radical (unpaired) electrons. The van der Waals surface area contributed by atoms with Gasteiger partial charge >= 0.3 is 17.9 Å². The highest BCUT2D eigenvalue weighted by molar-refractivity contribution is 5.71. The molecule has 0 fully saturated rings. The minimum Gasteiger partial charge on any atom is -0.462 e. The van der Waals surface area contributed by atoms with Crippen molar-refractivity contribution in [2.75, 3.05) is 13.2 Å². The summed E-state index contributed by atoms with van der Waals surface area (Å²) in [6.07, 6.45) is 80.6. The van der Waals surface area contributed by atoms with Gasteiger partial charge < -0.3 is 14.2 Å².